The van der Waals surface area contributed by atoms with Gasteiger partial charge in [0.05, 0.1) is 24.5 Å². The van der Waals surface area contributed by atoms with Crippen molar-refractivity contribution in [2.75, 3.05) is 39.3 Å². The molecule has 0 unspecified atom stereocenters. The Morgan fingerprint density at radius 2 is 2.04 bits per heavy atom. The lowest BCUT2D eigenvalue weighted by Crippen LogP contribution is -2.45. The third kappa shape index (κ3) is 4.90. The predicted molar refractivity (Wildman–Crippen MR) is 103 cm³/mol. The minimum absolute atomic E-state index is 0.141. The van der Waals surface area contributed by atoms with Crippen molar-refractivity contribution in [2.45, 2.75) is 20.0 Å². The molecular weight excluding hydrogens is 345 g/mol. The highest BCUT2D eigenvalue weighted by Gasteiger charge is 2.25. The van der Waals surface area contributed by atoms with Gasteiger partial charge in [-0.25, -0.2) is 4.39 Å². The first kappa shape index (κ1) is 19.5. The molecule has 1 fully saturated rings. The number of nitrogens with zero attached hydrogens (tertiary/aromatic N) is 3. The summed E-state index contributed by atoms with van der Waals surface area (Å²) in [5, 5.41) is 0. The summed E-state index contributed by atoms with van der Waals surface area (Å²) in [5.41, 5.74) is 2.25. The fourth-order valence-corrected chi connectivity index (χ4v) is 3.33. The van der Waals surface area contributed by atoms with Crippen LogP contribution in [-0.4, -0.2) is 60.0 Å². The largest absolute Gasteiger partial charge is 0.369 e. The average molecular weight is 371 g/mol. The van der Waals surface area contributed by atoms with Crippen LogP contribution in [0, 0.1) is 5.82 Å². The number of aromatic nitrogens is 1. The molecule has 27 heavy (non-hydrogen) atoms. The third-order valence-electron chi connectivity index (χ3n) is 4.85. The summed E-state index contributed by atoms with van der Waals surface area (Å²) in [6.07, 6.45) is -0.197. The summed E-state index contributed by atoms with van der Waals surface area (Å²) in [5.74, 6) is -0.142. The molecule has 5 nitrogen and oxygen atoms in total. The summed E-state index contributed by atoms with van der Waals surface area (Å²) >= 11 is 0. The summed E-state index contributed by atoms with van der Waals surface area (Å²) in [6, 6.07) is 12.1. The van der Waals surface area contributed by atoms with Crippen molar-refractivity contribution in [2.24, 2.45) is 0 Å². The maximum atomic E-state index is 13.5. The van der Waals surface area contributed by atoms with Crippen LogP contribution >= 0.6 is 0 Å². The molecule has 0 spiro atoms. The number of carbonyl (C=O) groups is 1. The molecule has 144 valence electrons. The molecule has 0 bridgehead atoms. The summed E-state index contributed by atoms with van der Waals surface area (Å²) in [4.78, 5) is 21.0. The van der Waals surface area contributed by atoms with Crippen LogP contribution in [0.25, 0.3) is 11.3 Å². The van der Waals surface area contributed by atoms with Gasteiger partial charge in [0.25, 0.3) is 0 Å². The minimum Gasteiger partial charge on any atom is -0.369 e. The van der Waals surface area contributed by atoms with Gasteiger partial charge in [0.2, 0.25) is 5.91 Å². The smallest absolute Gasteiger partial charge is 0.236 e. The van der Waals surface area contributed by atoms with Crippen molar-refractivity contribution in [1.29, 1.82) is 0 Å². The molecule has 1 aromatic heterocycles. The SMILES string of the molecule is CCN(CC)C(=O)CN1CCO[C@H](c2cccc(-c3cccc(F)c3)n2)C1. The molecule has 1 amide bonds. The number of morpholine rings is 1. The Kier molecular flexibility index (Phi) is 6.53. The zero-order valence-electron chi connectivity index (χ0n) is 15.9. The van der Waals surface area contributed by atoms with Gasteiger partial charge in [0.15, 0.2) is 0 Å². The van der Waals surface area contributed by atoms with E-state index in [1.54, 1.807) is 6.07 Å². The fourth-order valence-electron chi connectivity index (χ4n) is 3.33. The second-order valence-corrected chi connectivity index (χ2v) is 6.62. The van der Waals surface area contributed by atoms with Gasteiger partial charge >= 0.3 is 0 Å². The number of likely N-dealkylation sites (N-methyl/N-ethyl adjacent to an activating group) is 1. The molecule has 1 aliphatic heterocycles. The van der Waals surface area contributed by atoms with Crippen molar-refractivity contribution in [1.82, 2.24) is 14.8 Å². The lowest BCUT2D eigenvalue weighted by atomic mass is 10.1. The normalized spacial score (nSPS) is 17.7. The number of hydrogen-bond donors (Lipinski definition) is 0. The Balaban J connectivity index is 1.71. The molecule has 6 heteroatoms. The lowest BCUT2D eigenvalue weighted by Gasteiger charge is -2.33. The van der Waals surface area contributed by atoms with Crippen LogP contribution in [0.4, 0.5) is 4.39 Å². The fraction of sp³-hybridized carbons (Fsp3) is 0.429. The molecule has 2 aromatic rings. The van der Waals surface area contributed by atoms with E-state index in [1.165, 1.54) is 12.1 Å². The molecule has 1 aliphatic rings. The van der Waals surface area contributed by atoms with E-state index < -0.39 is 0 Å². The molecule has 1 aromatic carbocycles. The number of ether oxygens (including phenoxy) is 1. The number of hydrogen-bond acceptors (Lipinski definition) is 4. The van der Waals surface area contributed by atoms with E-state index in [-0.39, 0.29) is 17.8 Å². The van der Waals surface area contributed by atoms with E-state index in [1.807, 2.05) is 43.0 Å². The van der Waals surface area contributed by atoms with Crippen LogP contribution in [0.5, 0.6) is 0 Å². The monoisotopic (exact) mass is 371 g/mol. The molecule has 3 rings (SSSR count). The molecular formula is C21H26FN3O2. The maximum Gasteiger partial charge on any atom is 0.236 e. The second kappa shape index (κ2) is 9.06. The van der Waals surface area contributed by atoms with Crippen molar-refractivity contribution in [3.05, 3.63) is 54.0 Å². The van der Waals surface area contributed by atoms with Gasteiger partial charge in [0.1, 0.15) is 11.9 Å². The van der Waals surface area contributed by atoms with Crippen molar-refractivity contribution in [3.63, 3.8) is 0 Å². The molecule has 0 N–H and O–H groups in total. The zero-order valence-corrected chi connectivity index (χ0v) is 15.9. The van der Waals surface area contributed by atoms with Gasteiger partial charge in [-0.1, -0.05) is 18.2 Å². The quantitative estimate of drug-likeness (QED) is 0.783. The average Bonchev–Trinajstić information content (AvgIpc) is 2.69. The van der Waals surface area contributed by atoms with E-state index in [0.29, 0.717) is 25.4 Å². The van der Waals surface area contributed by atoms with Gasteiger partial charge < -0.3 is 9.64 Å². The number of halogens is 1. The van der Waals surface area contributed by atoms with Crippen molar-refractivity contribution < 1.29 is 13.9 Å². The first-order chi connectivity index (χ1) is 13.1. The molecule has 2 heterocycles. The molecule has 0 radical (unpaired) electrons. The van der Waals surface area contributed by atoms with Crippen molar-refractivity contribution in [3.8, 4) is 11.3 Å². The van der Waals surface area contributed by atoms with Crippen LogP contribution in [0.15, 0.2) is 42.5 Å². The van der Waals surface area contributed by atoms with Crippen LogP contribution in [0.3, 0.4) is 0 Å². The second-order valence-electron chi connectivity index (χ2n) is 6.62. The Morgan fingerprint density at radius 3 is 2.78 bits per heavy atom. The summed E-state index contributed by atoms with van der Waals surface area (Å²) in [7, 11) is 0. The first-order valence-electron chi connectivity index (χ1n) is 9.45. The number of amides is 1. The molecule has 0 aliphatic carbocycles. The number of benzene rings is 1. The van der Waals surface area contributed by atoms with E-state index >= 15 is 0 Å². The Bertz CT molecular complexity index is 780. The lowest BCUT2D eigenvalue weighted by molar-refractivity contribution is -0.134. The van der Waals surface area contributed by atoms with E-state index in [2.05, 4.69) is 9.88 Å². The Morgan fingerprint density at radius 1 is 1.26 bits per heavy atom. The Hall–Kier alpha value is -2.31. The third-order valence-corrected chi connectivity index (χ3v) is 4.85. The molecule has 1 saturated heterocycles. The van der Waals surface area contributed by atoms with E-state index in [4.69, 9.17) is 4.74 Å². The van der Waals surface area contributed by atoms with Gasteiger partial charge in [-0.2, -0.15) is 0 Å². The molecule has 1 atom stereocenters. The standard InChI is InChI=1S/C21H26FN3O2/c1-3-25(4-2)21(26)15-24-11-12-27-20(14-24)19-10-6-9-18(23-19)16-7-5-8-17(22)13-16/h5-10,13,20H,3-4,11-12,14-15H2,1-2H3/t20-/m0/s1. The highest BCUT2D eigenvalue weighted by atomic mass is 19.1. The maximum absolute atomic E-state index is 13.5. The van der Waals surface area contributed by atoms with E-state index in [9.17, 15) is 9.18 Å². The number of carbonyl (C=O) groups excluding carboxylic acids is 1. The van der Waals surface area contributed by atoms with Gasteiger partial charge in [-0.15, -0.1) is 0 Å². The van der Waals surface area contributed by atoms with Gasteiger partial charge in [-0.3, -0.25) is 14.7 Å². The van der Waals surface area contributed by atoms with Gasteiger partial charge in [0, 0.05) is 31.7 Å². The highest BCUT2D eigenvalue weighted by molar-refractivity contribution is 5.78. The molecule has 0 saturated carbocycles. The minimum atomic E-state index is -0.283. The first-order valence-corrected chi connectivity index (χ1v) is 9.45. The van der Waals surface area contributed by atoms with Gasteiger partial charge in [-0.05, 0) is 38.1 Å². The summed E-state index contributed by atoms with van der Waals surface area (Å²) < 4.78 is 19.4. The zero-order chi connectivity index (χ0) is 19.2. The number of pyridine rings is 1. The van der Waals surface area contributed by atoms with Crippen molar-refractivity contribution >= 4 is 5.91 Å². The van der Waals surface area contributed by atoms with Crippen LogP contribution in [0.1, 0.15) is 25.6 Å². The highest BCUT2D eigenvalue weighted by Crippen LogP contribution is 2.24. The summed E-state index contributed by atoms with van der Waals surface area (Å²) in [6.45, 7) is 7.73. The van der Waals surface area contributed by atoms with Crippen LogP contribution in [0.2, 0.25) is 0 Å². The number of rotatable bonds is 6. The van der Waals surface area contributed by atoms with E-state index in [0.717, 1.165) is 30.9 Å². The topological polar surface area (TPSA) is 45.7 Å². The Labute approximate surface area is 159 Å². The predicted octanol–water partition coefficient (Wildman–Crippen LogP) is 3.13. The van der Waals surface area contributed by atoms with Crippen LogP contribution in [-0.2, 0) is 9.53 Å². The van der Waals surface area contributed by atoms with Crippen LogP contribution < -0.4 is 0 Å².